The third-order valence-corrected chi connectivity index (χ3v) is 2.69. The summed E-state index contributed by atoms with van der Waals surface area (Å²) in [4.78, 5) is 19.0. The van der Waals surface area contributed by atoms with Crippen molar-refractivity contribution in [2.75, 3.05) is 18.5 Å². The second kappa shape index (κ2) is 5.09. The van der Waals surface area contributed by atoms with Gasteiger partial charge in [0.25, 0.3) is 0 Å². The number of nitrogens with zero attached hydrogens (tertiary/aromatic N) is 3. The quantitative estimate of drug-likeness (QED) is 0.823. The van der Waals surface area contributed by atoms with E-state index in [4.69, 9.17) is 5.11 Å². The molecule has 0 aromatic carbocycles. The Morgan fingerprint density at radius 1 is 1.35 bits per heavy atom. The highest BCUT2D eigenvalue weighted by molar-refractivity contribution is 5.85. The molecule has 92 valence electrons. The van der Waals surface area contributed by atoms with Crippen molar-refractivity contribution in [2.45, 2.75) is 26.2 Å². The molecule has 0 aliphatic carbocycles. The smallest absolute Gasteiger partial charge is 0.354 e. The first-order chi connectivity index (χ1) is 8.15. The Morgan fingerprint density at radius 3 is 2.71 bits per heavy atom. The summed E-state index contributed by atoms with van der Waals surface area (Å²) in [5.74, 6) is -0.665. The topological polar surface area (TPSA) is 78.3 Å². The highest BCUT2D eigenvalue weighted by Crippen LogP contribution is 2.11. The molecule has 0 spiro atoms. The molecule has 1 aliphatic rings. The summed E-state index contributed by atoms with van der Waals surface area (Å²) in [6.07, 6.45) is 3.53. The van der Waals surface area contributed by atoms with Gasteiger partial charge in [-0.25, -0.2) is 19.8 Å². The lowest BCUT2D eigenvalue weighted by Gasteiger charge is -2.26. The number of carboxylic acids is 1. The molecule has 0 bridgehead atoms. The summed E-state index contributed by atoms with van der Waals surface area (Å²) in [5.41, 5.74) is 3.74. The zero-order chi connectivity index (χ0) is 12.3. The number of hydrogen-bond acceptors (Lipinski definition) is 5. The highest BCUT2D eigenvalue weighted by Gasteiger charge is 2.13. The van der Waals surface area contributed by atoms with Gasteiger partial charge in [-0.15, -0.1) is 0 Å². The van der Waals surface area contributed by atoms with Crippen LogP contribution in [0.15, 0.2) is 6.07 Å². The minimum Gasteiger partial charge on any atom is -0.477 e. The van der Waals surface area contributed by atoms with Crippen LogP contribution in [0.2, 0.25) is 0 Å². The van der Waals surface area contributed by atoms with Crippen LogP contribution in [0, 0.1) is 6.92 Å². The van der Waals surface area contributed by atoms with E-state index in [-0.39, 0.29) is 5.69 Å². The van der Waals surface area contributed by atoms with E-state index < -0.39 is 5.97 Å². The van der Waals surface area contributed by atoms with E-state index in [2.05, 4.69) is 15.4 Å². The standard InChI is InChI=1S/C11H16N4O2/c1-8-7-9(10(16)17)13-11(12-8)14-15-5-3-2-4-6-15/h7H,2-6H2,1H3,(H,16,17)(H,12,13,14). The zero-order valence-electron chi connectivity index (χ0n) is 9.81. The number of piperidine rings is 1. The van der Waals surface area contributed by atoms with E-state index in [9.17, 15) is 4.79 Å². The molecule has 2 heterocycles. The van der Waals surface area contributed by atoms with Crippen molar-refractivity contribution in [3.8, 4) is 0 Å². The number of aromatic carboxylic acids is 1. The monoisotopic (exact) mass is 236 g/mol. The lowest BCUT2D eigenvalue weighted by atomic mass is 10.2. The van der Waals surface area contributed by atoms with E-state index in [1.165, 1.54) is 12.5 Å². The molecule has 1 aromatic heterocycles. The summed E-state index contributed by atoms with van der Waals surface area (Å²) >= 11 is 0. The number of aromatic nitrogens is 2. The predicted molar refractivity (Wildman–Crippen MR) is 62.8 cm³/mol. The molecule has 0 unspecified atom stereocenters. The third-order valence-electron chi connectivity index (χ3n) is 2.69. The molecule has 6 heteroatoms. The fourth-order valence-electron chi connectivity index (χ4n) is 1.88. The minimum absolute atomic E-state index is 0.0250. The molecule has 2 rings (SSSR count). The number of hydrogen-bond donors (Lipinski definition) is 2. The van der Waals surface area contributed by atoms with Crippen molar-refractivity contribution in [3.05, 3.63) is 17.5 Å². The molecule has 0 radical (unpaired) electrons. The van der Waals surface area contributed by atoms with Crippen LogP contribution in [-0.2, 0) is 0 Å². The van der Waals surface area contributed by atoms with Crippen molar-refractivity contribution in [2.24, 2.45) is 0 Å². The Hall–Kier alpha value is -1.69. The molecular weight excluding hydrogens is 220 g/mol. The molecule has 1 saturated heterocycles. The largest absolute Gasteiger partial charge is 0.477 e. The summed E-state index contributed by atoms with van der Waals surface area (Å²) in [6, 6.07) is 1.46. The van der Waals surface area contributed by atoms with Gasteiger partial charge in [0.05, 0.1) is 0 Å². The number of rotatable bonds is 3. The SMILES string of the molecule is Cc1cc(C(=O)O)nc(NN2CCCCC2)n1. The molecule has 6 nitrogen and oxygen atoms in total. The number of carbonyl (C=O) groups is 1. The molecule has 17 heavy (non-hydrogen) atoms. The van der Waals surface area contributed by atoms with E-state index in [1.54, 1.807) is 6.92 Å². The average molecular weight is 236 g/mol. The Balaban J connectivity index is 2.11. The van der Waals surface area contributed by atoms with Crippen LogP contribution in [0.4, 0.5) is 5.95 Å². The van der Waals surface area contributed by atoms with Crippen LogP contribution in [0.1, 0.15) is 35.4 Å². The van der Waals surface area contributed by atoms with Gasteiger partial charge in [0, 0.05) is 18.8 Å². The van der Waals surface area contributed by atoms with Gasteiger partial charge >= 0.3 is 5.97 Å². The molecule has 1 aromatic rings. The maximum absolute atomic E-state index is 10.9. The third kappa shape index (κ3) is 3.13. The van der Waals surface area contributed by atoms with Crippen LogP contribution in [0.25, 0.3) is 0 Å². The van der Waals surface area contributed by atoms with E-state index in [1.807, 2.05) is 5.01 Å². The molecule has 1 fully saturated rings. The number of aryl methyl sites for hydroxylation is 1. The molecule has 1 aliphatic heterocycles. The van der Waals surface area contributed by atoms with Gasteiger partial charge < -0.3 is 5.11 Å². The summed E-state index contributed by atoms with van der Waals surface area (Å²) in [7, 11) is 0. The molecular formula is C11H16N4O2. The first kappa shape index (κ1) is 11.8. The molecule has 0 saturated carbocycles. The van der Waals surface area contributed by atoms with Crippen molar-refractivity contribution in [3.63, 3.8) is 0 Å². The van der Waals surface area contributed by atoms with Gasteiger partial charge in [0.1, 0.15) is 0 Å². The number of anilines is 1. The zero-order valence-corrected chi connectivity index (χ0v) is 9.81. The Bertz CT molecular complexity index is 416. The van der Waals surface area contributed by atoms with Crippen molar-refractivity contribution in [1.82, 2.24) is 15.0 Å². The Kier molecular flexibility index (Phi) is 3.53. The first-order valence-electron chi connectivity index (χ1n) is 5.76. The number of hydrazine groups is 1. The van der Waals surface area contributed by atoms with Crippen LogP contribution in [-0.4, -0.2) is 39.1 Å². The molecule has 2 N–H and O–H groups in total. The second-order valence-corrected chi connectivity index (χ2v) is 4.18. The molecule has 0 atom stereocenters. The normalized spacial score (nSPS) is 16.8. The van der Waals surface area contributed by atoms with E-state index in [0.29, 0.717) is 11.6 Å². The van der Waals surface area contributed by atoms with Gasteiger partial charge in [0.15, 0.2) is 5.69 Å². The van der Waals surface area contributed by atoms with Crippen molar-refractivity contribution >= 4 is 11.9 Å². The van der Waals surface area contributed by atoms with Crippen molar-refractivity contribution < 1.29 is 9.90 Å². The summed E-state index contributed by atoms with van der Waals surface area (Å²) < 4.78 is 0. The van der Waals surface area contributed by atoms with E-state index >= 15 is 0 Å². The van der Waals surface area contributed by atoms with Crippen LogP contribution < -0.4 is 5.43 Å². The maximum Gasteiger partial charge on any atom is 0.354 e. The van der Waals surface area contributed by atoms with Gasteiger partial charge in [-0.3, -0.25) is 5.43 Å². The fraction of sp³-hybridized carbons (Fsp3) is 0.545. The summed E-state index contributed by atoms with van der Waals surface area (Å²) in [6.45, 7) is 3.65. The maximum atomic E-state index is 10.9. The fourth-order valence-corrected chi connectivity index (χ4v) is 1.88. The first-order valence-corrected chi connectivity index (χ1v) is 5.76. The van der Waals surface area contributed by atoms with Crippen LogP contribution in [0.3, 0.4) is 0 Å². The van der Waals surface area contributed by atoms with E-state index in [0.717, 1.165) is 25.9 Å². The minimum atomic E-state index is -1.03. The summed E-state index contributed by atoms with van der Waals surface area (Å²) in [5, 5.41) is 10.9. The van der Waals surface area contributed by atoms with Crippen LogP contribution in [0.5, 0.6) is 0 Å². The Labute approximate surface area is 99.7 Å². The van der Waals surface area contributed by atoms with Gasteiger partial charge in [-0.2, -0.15) is 0 Å². The van der Waals surface area contributed by atoms with Gasteiger partial charge in [0.2, 0.25) is 5.95 Å². The number of nitrogens with one attached hydrogen (secondary N) is 1. The number of carboxylic acid groups (broad SMARTS) is 1. The predicted octanol–water partition coefficient (Wildman–Crippen LogP) is 1.30. The second-order valence-electron chi connectivity index (χ2n) is 4.18. The van der Waals surface area contributed by atoms with Gasteiger partial charge in [-0.1, -0.05) is 6.42 Å². The van der Waals surface area contributed by atoms with Crippen LogP contribution >= 0.6 is 0 Å². The van der Waals surface area contributed by atoms with Crippen molar-refractivity contribution in [1.29, 1.82) is 0 Å². The Morgan fingerprint density at radius 2 is 2.06 bits per heavy atom. The molecule has 0 amide bonds. The lowest BCUT2D eigenvalue weighted by Crippen LogP contribution is -2.35. The highest BCUT2D eigenvalue weighted by atomic mass is 16.4. The average Bonchev–Trinajstić information content (AvgIpc) is 2.29. The lowest BCUT2D eigenvalue weighted by molar-refractivity contribution is 0.0690. The van der Waals surface area contributed by atoms with Gasteiger partial charge in [-0.05, 0) is 25.8 Å².